The molecule has 18 heavy (non-hydrogen) atoms. The maximum absolute atomic E-state index is 11.9. The average molecular weight is 377 g/mol. The topological polar surface area (TPSA) is 29.1 Å². The van der Waals surface area contributed by atoms with E-state index in [0.29, 0.717) is 5.92 Å². The summed E-state index contributed by atoms with van der Waals surface area (Å²) in [6, 6.07) is 8.32. The van der Waals surface area contributed by atoms with Gasteiger partial charge in [-0.1, -0.05) is 57.8 Å². The Kier molecular flexibility index (Phi) is 6.36. The Bertz CT molecular complexity index is 389. The number of benzene rings is 1. The van der Waals surface area contributed by atoms with Crippen LogP contribution in [0.15, 0.2) is 28.7 Å². The highest BCUT2D eigenvalue weighted by molar-refractivity contribution is 9.10. The molecule has 2 atom stereocenters. The van der Waals surface area contributed by atoms with E-state index in [1.54, 1.807) is 0 Å². The summed E-state index contributed by atoms with van der Waals surface area (Å²) in [6.45, 7) is 6.08. The summed E-state index contributed by atoms with van der Waals surface area (Å²) in [6.07, 6.45) is 0.844. The monoisotopic (exact) mass is 375 g/mol. The van der Waals surface area contributed by atoms with E-state index in [4.69, 9.17) is 0 Å². The Morgan fingerprint density at radius 1 is 1.22 bits per heavy atom. The highest BCUT2D eigenvalue weighted by Gasteiger charge is 2.19. The van der Waals surface area contributed by atoms with Crippen LogP contribution in [0.5, 0.6) is 0 Å². The van der Waals surface area contributed by atoms with Gasteiger partial charge in [-0.3, -0.25) is 4.79 Å². The summed E-state index contributed by atoms with van der Waals surface area (Å²) in [5.41, 5.74) is 1.22. The van der Waals surface area contributed by atoms with Crippen LogP contribution in [0.1, 0.15) is 26.3 Å². The number of halogens is 2. The lowest BCUT2D eigenvalue weighted by molar-refractivity contribution is -0.121. The third-order valence-electron chi connectivity index (χ3n) is 2.68. The molecular weight excluding hydrogens is 358 g/mol. The van der Waals surface area contributed by atoms with Gasteiger partial charge in [0.25, 0.3) is 0 Å². The lowest BCUT2D eigenvalue weighted by Gasteiger charge is -2.18. The standard InChI is InChI=1S/C14H19Br2NO/c1-9(2)13(16)14(18)17-10(3)8-11-4-6-12(15)7-5-11/h4-7,9-10,13H,8H2,1-3H3,(H,17,18). The number of carbonyl (C=O) groups excluding carboxylic acids is 1. The smallest absolute Gasteiger partial charge is 0.234 e. The number of hydrogen-bond donors (Lipinski definition) is 1. The van der Waals surface area contributed by atoms with Crippen molar-refractivity contribution in [2.45, 2.75) is 38.1 Å². The Balaban J connectivity index is 2.49. The van der Waals surface area contributed by atoms with Gasteiger partial charge in [-0.25, -0.2) is 0 Å². The summed E-state index contributed by atoms with van der Waals surface area (Å²) >= 11 is 6.82. The number of hydrogen-bond acceptors (Lipinski definition) is 1. The van der Waals surface area contributed by atoms with E-state index in [2.05, 4.69) is 49.3 Å². The van der Waals surface area contributed by atoms with Gasteiger partial charge < -0.3 is 5.32 Å². The molecule has 4 heteroatoms. The molecule has 0 saturated heterocycles. The van der Waals surface area contributed by atoms with Crippen molar-refractivity contribution < 1.29 is 4.79 Å². The van der Waals surface area contributed by atoms with Crippen molar-refractivity contribution in [3.63, 3.8) is 0 Å². The van der Waals surface area contributed by atoms with E-state index in [9.17, 15) is 4.79 Å². The van der Waals surface area contributed by atoms with Gasteiger partial charge in [0, 0.05) is 10.5 Å². The van der Waals surface area contributed by atoms with Gasteiger partial charge in [-0.15, -0.1) is 0 Å². The largest absolute Gasteiger partial charge is 0.352 e. The molecule has 1 N–H and O–H groups in total. The van der Waals surface area contributed by atoms with Crippen molar-refractivity contribution in [2.75, 3.05) is 0 Å². The lowest BCUT2D eigenvalue weighted by Crippen LogP contribution is -2.40. The number of carbonyl (C=O) groups is 1. The highest BCUT2D eigenvalue weighted by atomic mass is 79.9. The van der Waals surface area contributed by atoms with Gasteiger partial charge in [0.05, 0.1) is 4.83 Å². The van der Waals surface area contributed by atoms with Gasteiger partial charge in [0.1, 0.15) is 0 Å². The first kappa shape index (κ1) is 15.7. The van der Waals surface area contributed by atoms with Crippen molar-refractivity contribution >= 4 is 37.8 Å². The molecule has 100 valence electrons. The second-order valence-electron chi connectivity index (χ2n) is 4.89. The summed E-state index contributed by atoms with van der Waals surface area (Å²) in [7, 11) is 0. The molecule has 0 aromatic heterocycles. The maximum Gasteiger partial charge on any atom is 0.234 e. The Morgan fingerprint density at radius 3 is 2.28 bits per heavy atom. The molecule has 0 radical (unpaired) electrons. The fraction of sp³-hybridized carbons (Fsp3) is 0.500. The number of rotatable bonds is 5. The van der Waals surface area contributed by atoms with Crippen LogP contribution in [0.3, 0.4) is 0 Å². The van der Waals surface area contributed by atoms with Crippen LogP contribution in [0.2, 0.25) is 0 Å². The number of alkyl halides is 1. The maximum atomic E-state index is 11.9. The minimum absolute atomic E-state index is 0.0645. The predicted molar refractivity (Wildman–Crippen MR) is 83.0 cm³/mol. The molecule has 0 spiro atoms. The molecular formula is C14H19Br2NO. The zero-order chi connectivity index (χ0) is 13.7. The molecule has 2 unspecified atom stereocenters. The van der Waals surface area contributed by atoms with E-state index in [-0.39, 0.29) is 16.8 Å². The van der Waals surface area contributed by atoms with E-state index >= 15 is 0 Å². The van der Waals surface area contributed by atoms with Gasteiger partial charge in [0.15, 0.2) is 0 Å². The Morgan fingerprint density at radius 2 is 1.78 bits per heavy atom. The molecule has 0 fully saturated rings. The van der Waals surface area contributed by atoms with Crippen LogP contribution in [0.25, 0.3) is 0 Å². The Hall–Kier alpha value is -0.350. The van der Waals surface area contributed by atoms with Crippen molar-refractivity contribution in [3.05, 3.63) is 34.3 Å². The molecule has 0 aliphatic rings. The first-order valence-corrected chi connectivity index (χ1v) is 7.80. The van der Waals surface area contributed by atoms with Crippen molar-refractivity contribution in [3.8, 4) is 0 Å². The Labute approximate surface area is 126 Å². The molecule has 0 bridgehead atoms. The molecule has 0 saturated carbocycles. The summed E-state index contributed by atoms with van der Waals surface area (Å²) in [4.78, 5) is 11.8. The van der Waals surface area contributed by atoms with Gasteiger partial charge >= 0.3 is 0 Å². The zero-order valence-electron chi connectivity index (χ0n) is 10.9. The molecule has 1 rings (SSSR count). The molecule has 0 aliphatic carbocycles. The fourth-order valence-corrected chi connectivity index (χ4v) is 2.05. The molecule has 1 amide bonds. The van der Waals surface area contributed by atoms with E-state index in [1.165, 1.54) is 5.56 Å². The van der Waals surface area contributed by atoms with Gasteiger partial charge in [0.2, 0.25) is 5.91 Å². The fourth-order valence-electron chi connectivity index (χ4n) is 1.65. The van der Waals surface area contributed by atoms with E-state index < -0.39 is 0 Å². The van der Waals surface area contributed by atoms with Crippen molar-refractivity contribution in [1.82, 2.24) is 5.32 Å². The minimum Gasteiger partial charge on any atom is -0.352 e. The van der Waals surface area contributed by atoms with Crippen molar-refractivity contribution in [2.24, 2.45) is 5.92 Å². The van der Waals surface area contributed by atoms with Crippen LogP contribution in [0.4, 0.5) is 0 Å². The second-order valence-corrected chi connectivity index (χ2v) is 6.79. The molecule has 2 nitrogen and oxygen atoms in total. The minimum atomic E-state index is -0.120. The molecule has 0 heterocycles. The molecule has 1 aromatic rings. The van der Waals surface area contributed by atoms with Crippen LogP contribution in [-0.2, 0) is 11.2 Å². The van der Waals surface area contributed by atoms with Crippen molar-refractivity contribution in [1.29, 1.82) is 0 Å². The SMILES string of the molecule is CC(Cc1ccc(Br)cc1)NC(=O)C(Br)C(C)C. The quantitative estimate of drug-likeness (QED) is 0.775. The van der Waals surface area contributed by atoms with E-state index in [0.717, 1.165) is 10.9 Å². The average Bonchev–Trinajstić information content (AvgIpc) is 2.30. The third-order valence-corrected chi connectivity index (χ3v) is 4.68. The van der Waals surface area contributed by atoms with E-state index in [1.807, 2.05) is 32.9 Å². The summed E-state index contributed by atoms with van der Waals surface area (Å²) in [5.74, 6) is 0.361. The predicted octanol–water partition coefficient (Wildman–Crippen LogP) is 3.92. The zero-order valence-corrected chi connectivity index (χ0v) is 14.1. The lowest BCUT2D eigenvalue weighted by atomic mass is 10.1. The van der Waals surface area contributed by atoms with Crippen LogP contribution < -0.4 is 5.32 Å². The first-order chi connectivity index (χ1) is 8.40. The van der Waals surface area contributed by atoms with Gasteiger partial charge in [-0.2, -0.15) is 0 Å². The summed E-state index contributed by atoms with van der Waals surface area (Å²) < 4.78 is 1.07. The second kappa shape index (κ2) is 7.29. The first-order valence-electron chi connectivity index (χ1n) is 6.09. The summed E-state index contributed by atoms with van der Waals surface area (Å²) in [5, 5.41) is 3.03. The molecule has 1 aromatic carbocycles. The van der Waals surface area contributed by atoms with Crippen LogP contribution in [0, 0.1) is 5.92 Å². The highest BCUT2D eigenvalue weighted by Crippen LogP contribution is 2.14. The van der Waals surface area contributed by atoms with Gasteiger partial charge in [-0.05, 0) is 37.0 Å². The third kappa shape index (κ3) is 5.11. The van der Waals surface area contributed by atoms with Crippen LogP contribution in [-0.4, -0.2) is 16.8 Å². The normalized spacial score (nSPS) is 14.3. The van der Waals surface area contributed by atoms with Crippen LogP contribution >= 0.6 is 31.9 Å². The molecule has 0 aliphatic heterocycles. The number of amides is 1. The number of nitrogens with one attached hydrogen (secondary N) is 1.